The van der Waals surface area contributed by atoms with Crippen molar-refractivity contribution in [1.29, 1.82) is 0 Å². The second kappa shape index (κ2) is 11.3. The molecule has 3 aromatic rings. The maximum Gasteiger partial charge on any atom is 0.275 e. The minimum absolute atomic E-state index is 0.0349. The largest absolute Gasteiger partial charge is 0.394 e. The van der Waals surface area contributed by atoms with Crippen molar-refractivity contribution in [3.05, 3.63) is 72.3 Å². The lowest BCUT2D eigenvalue weighted by molar-refractivity contribution is 0.102. The van der Waals surface area contributed by atoms with E-state index in [1.807, 2.05) is 39.0 Å². The minimum Gasteiger partial charge on any atom is -0.394 e. The van der Waals surface area contributed by atoms with Crippen LogP contribution in [0.5, 0.6) is 0 Å². The van der Waals surface area contributed by atoms with Crippen molar-refractivity contribution in [2.45, 2.75) is 26.8 Å². The number of amides is 1. The second-order valence-electron chi connectivity index (χ2n) is 9.15. The number of carbonyl (C=O) groups is 1. The van der Waals surface area contributed by atoms with Crippen LogP contribution >= 0.6 is 0 Å². The zero-order valence-electron chi connectivity index (χ0n) is 21.0. The van der Waals surface area contributed by atoms with E-state index in [-0.39, 0.29) is 24.2 Å². The number of aliphatic hydroxyl groups excluding tert-OH is 1. The molecule has 0 spiro atoms. The van der Waals surface area contributed by atoms with Gasteiger partial charge < -0.3 is 25.4 Å². The normalized spacial score (nSPS) is 14.3. The summed E-state index contributed by atoms with van der Waals surface area (Å²) in [6.45, 7) is 12.7. The van der Waals surface area contributed by atoms with E-state index in [0.29, 0.717) is 24.6 Å². The number of aliphatic hydroxyl groups is 1. The molecule has 4 rings (SSSR count). The Bertz CT molecular complexity index is 1250. The van der Waals surface area contributed by atoms with Gasteiger partial charge in [-0.15, -0.1) is 0 Å². The summed E-state index contributed by atoms with van der Waals surface area (Å²) in [5.74, 6) is -0.332. The lowest BCUT2D eigenvalue weighted by atomic mass is 9.98. The molecule has 1 fully saturated rings. The van der Waals surface area contributed by atoms with Gasteiger partial charge in [0.1, 0.15) is 5.69 Å². The number of morpholine rings is 1. The molecule has 188 valence electrons. The number of aryl methyl sites for hydroxylation is 1. The Morgan fingerprint density at radius 3 is 2.61 bits per heavy atom. The standard InChI is InChI=1S/C28H33N5O3/c1-18(2)26-15-29-16-27(32-26)28(35)31-22-6-5-19(3)25(14-22)21-11-23(30-20(4)17-34)13-24(12-21)33-7-9-36-10-8-33/h5-6,11-16,20,30,34H,1,7-10,17H2,2-4H3,(H,31,35)/t20-/m1/s1. The third kappa shape index (κ3) is 6.08. The van der Waals surface area contributed by atoms with Crippen molar-refractivity contribution in [2.24, 2.45) is 0 Å². The Labute approximate surface area is 212 Å². The summed E-state index contributed by atoms with van der Waals surface area (Å²) >= 11 is 0. The van der Waals surface area contributed by atoms with Gasteiger partial charge in [0.2, 0.25) is 0 Å². The highest BCUT2D eigenvalue weighted by Crippen LogP contribution is 2.33. The van der Waals surface area contributed by atoms with Gasteiger partial charge in [-0.1, -0.05) is 12.6 Å². The molecule has 1 aromatic heterocycles. The predicted octanol–water partition coefficient (Wildman–Crippen LogP) is 4.37. The third-order valence-electron chi connectivity index (χ3n) is 6.09. The van der Waals surface area contributed by atoms with E-state index in [0.717, 1.165) is 46.7 Å². The zero-order chi connectivity index (χ0) is 25.7. The number of allylic oxidation sites excluding steroid dienone is 1. The lowest BCUT2D eigenvalue weighted by Gasteiger charge is -2.30. The molecule has 36 heavy (non-hydrogen) atoms. The Morgan fingerprint density at radius 1 is 1.14 bits per heavy atom. The molecule has 0 aliphatic carbocycles. The second-order valence-corrected chi connectivity index (χ2v) is 9.15. The van der Waals surface area contributed by atoms with E-state index >= 15 is 0 Å². The van der Waals surface area contributed by atoms with Crippen LogP contribution in [0.15, 0.2) is 55.4 Å². The fourth-order valence-corrected chi connectivity index (χ4v) is 4.07. The number of hydrogen-bond donors (Lipinski definition) is 3. The van der Waals surface area contributed by atoms with E-state index in [1.54, 1.807) is 6.20 Å². The molecule has 1 saturated heterocycles. The third-order valence-corrected chi connectivity index (χ3v) is 6.09. The molecule has 1 atom stereocenters. The predicted molar refractivity (Wildman–Crippen MR) is 145 cm³/mol. The Morgan fingerprint density at radius 2 is 1.89 bits per heavy atom. The van der Waals surface area contributed by atoms with E-state index < -0.39 is 0 Å². The lowest BCUT2D eigenvalue weighted by Crippen LogP contribution is -2.36. The molecule has 0 saturated carbocycles. The van der Waals surface area contributed by atoms with Gasteiger partial charge in [-0.2, -0.15) is 0 Å². The number of nitrogens with zero attached hydrogens (tertiary/aromatic N) is 3. The average molecular weight is 488 g/mol. The molecule has 1 aliphatic heterocycles. The summed E-state index contributed by atoms with van der Waals surface area (Å²) in [5, 5.41) is 15.9. The fraction of sp³-hybridized carbons (Fsp3) is 0.321. The van der Waals surface area contributed by atoms with Crippen LogP contribution in [0.1, 0.15) is 35.6 Å². The van der Waals surface area contributed by atoms with E-state index in [1.165, 1.54) is 6.20 Å². The monoisotopic (exact) mass is 487 g/mol. The number of anilines is 3. The molecule has 0 unspecified atom stereocenters. The summed E-state index contributed by atoms with van der Waals surface area (Å²) in [6, 6.07) is 12.1. The molecule has 1 amide bonds. The van der Waals surface area contributed by atoms with Gasteiger partial charge in [0.05, 0.1) is 37.9 Å². The van der Waals surface area contributed by atoms with Crippen molar-refractivity contribution in [3.63, 3.8) is 0 Å². The van der Waals surface area contributed by atoms with Gasteiger partial charge in [-0.25, -0.2) is 4.98 Å². The van der Waals surface area contributed by atoms with Crippen LogP contribution in [0.25, 0.3) is 16.7 Å². The molecule has 0 radical (unpaired) electrons. The summed E-state index contributed by atoms with van der Waals surface area (Å²) < 4.78 is 5.53. The van der Waals surface area contributed by atoms with Crippen molar-refractivity contribution in [1.82, 2.24) is 9.97 Å². The molecular weight excluding hydrogens is 454 g/mol. The van der Waals surface area contributed by atoms with Crippen LogP contribution in [0, 0.1) is 6.92 Å². The minimum atomic E-state index is -0.332. The summed E-state index contributed by atoms with van der Waals surface area (Å²) in [6.07, 6.45) is 3.04. The van der Waals surface area contributed by atoms with Crippen LogP contribution in [0.3, 0.4) is 0 Å². The van der Waals surface area contributed by atoms with Crippen LogP contribution < -0.4 is 15.5 Å². The number of ether oxygens (including phenoxy) is 1. The van der Waals surface area contributed by atoms with Gasteiger partial charge >= 0.3 is 0 Å². The van der Waals surface area contributed by atoms with E-state index in [2.05, 4.69) is 50.3 Å². The van der Waals surface area contributed by atoms with Crippen LogP contribution in [-0.4, -0.2) is 59.9 Å². The molecule has 3 N–H and O–H groups in total. The Kier molecular flexibility index (Phi) is 7.97. The molecule has 8 nitrogen and oxygen atoms in total. The maximum atomic E-state index is 12.9. The number of aromatic nitrogens is 2. The first-order valence-corrected chi connectivity index (χ1v) is 12.1. The van der Waals surface area contributed by atoms with Gasteiger partial charge in [-0.05, 0) is 73.4 Å². The molecule has 2 aromatic carbocycles. The maximum absolute atomic E-state index is 12.9. The average Bonchev–Trinajstić information content (AvgIpc) is 2.90. The van der Waals surface area contributed by atoms with Crippen LogP contribution in [-0.2, 0) is 4.74 Å². The Balaban J connectivity index is 1.66. The van der Waals surface area contributed by atoms with Crippen molar-refractivity contribution in [3.8, 4) is 11.1 Å². The zero-order valence-corrected chi connectivity index (χ0v) is 21.0. The fourth-order valence-electron chi connectivity index (χ4n) is 4.07. The first-order valence-electron chi connectivity index (χ1n) is 12.1. The highest BCUT2D eigenvalue weighted by Gasteiger charge is 2.16. The van der Waals surface area contributed by atoms with Gasteiger partial charge in [0.15, 0.2) is 0 Å². The summed E-state index contributed by atoms with van der Waals surface area (Å²) in [7, 11) is 0. The van der Waals surface area contributed by atoms with E-state index in [4.69, 9.17) is 4.74 Å². The molecule has 0 bridgehead atoms. The highest BCUT2D eigenvalue weighted by molar-refractivity contribution is 6.03. The first-order chi connectivity index (χ1) is 17.3. The van der Waals surface area contributed by atoms with Crippen molar-refractivity contribution in [2.75, 3.05) is 48.4 Å². The topological polar surface area (TPSA) is 99.6 Å². The molecule has 1 aliphatic rings. The quantitative estimate of drug-likeness (QED) is 0.434. The highest BCUT2D eigenvalue weighted by atomic mass is 16.5. The van der Waals surface area contributed by atoms with Gasteiger partial charge in [0, 0.05) is 36.2 Å². The number of carbonyl (C=O) groups excluding carboxylic acids is 1. The number of nitrogens with one attached hydrogen (secondary N) is 2. The number of hydrogen-bond acceptors (Lipinski definition) is 7. The van der Waals surface area contributed by atoms with Crippen LogP contribution in [0.2, 0.25) is 0 Å². The summed E-state index contributed by atoms with van der Waals surface area (Å²) in [4.78, 5) is 23.7. The molecular formula is C28H33N5O3. The van der Waals surface area contributed by atoms with Crippen molar-refractivity contribution < 1.29 is 14.6 Å². The molecule has 2 heterocycles. The van der Waals surface area contributed by atoms with Crippen molar-refractivity contribution >= 4 is 28.5 Å². The van der Waals surface area contributed by atoms with Gasteiger partial charge in [0.25, 0.3) is 5.91 Å². The molecule has 8 heteroatoms. The SMILES string of the molecule is C=C(C)c1cncc(C(=O)Nc2ccc(C)c(-c3cc(N[C@H](C)CO)cc(N4CCOCC4)c3)c2)n1. The Hall–Kier alpha value is -3.75. The number of benzene rings is 2. The summed E-state index contributed by atoms with van der Waals surface area (Å²) in [5.41, 5.74) is 7.35. The smallest absolute Gasteiger partial charge is 0.275 e. The van der Waals surface area contributed by atoms with E-state index in [9.17, 15) is 9.90 Å². The van der Waals surface area contributed by atoms with Crippen LogP contribution in [0.4, 0.5) is 17.1 Å². The number of rotatable bonds is 8. The first kappa shape index (κ1) is 25.3. The van der Waals surface area contributed by atoms with Gasteiger partial charge in [-0.3, -0.25) is 9.78 Å².